The molecule has 0 aromatic heterocycles. The predicted octanol–water partition coefficient (Wildman–Crippen LogP) is -0.652. The van der Waals surface area contributed by atoms with E-state index >= 15 is 0 Å². The quantitative estimate of drug-likeness (QED) is 0.536. The molecule has 5 heteroatoms. The molecule has 1 aliphatic heterocycles. The molecule has 0 unspecified atom stereocenters. The molecule has 1 rings (SSSR count). The van der Waals surface area contributed by atoms with Crippen LogP contribution in [0, 0.1) is 0 Å². The third kappa shape index (κ3) is 1.35. The Balaban J connectivity index is 2.83. The molecule has 0 N–H and O–H groups in total. The molecule has 1 heterocycles. The normalized spacial score (nSPS) is 27.0. The molecular formula is C8H11NO4. The maximum atomic E-state index is 11.2. The summed E-state index contributed by atoms with van der Waals surface area (Å²) in [6.07, 6.45) is -0.776. The van der Waals surface area contributed by atoms with Gasteiger partial charge in [0.15, 0.2) is 11.9 Å². The molecule has 0 radical (unpaired) electrons. The third-order valence-electron chi connectivity index (χ3n) is 2.06. The van der Waals surface area contributed by atoms with Crippen LogP contribution in [0.15, 0.2) is 0 Å². The molecule has 2 atom stereocenters. The summed E-state index contributed by atoms with van der Waals surface area (Å²) in [5.74, 6) is -1.09. The van der Waals surface area contributed by atoms with Gasteiger partial charge < -0.3 is 4.74 Å². The zero-order chi connectivity index (χ0) is 10.2. The summed E-state index contributed by atoms with van der Waals surface area (Å²) in [4.78, 5) is 34.0. The number of nitrogens with zero attached hydrogens (tertiary/aromatic N) is 1. The van der Waals surface area contributed by atoms with E-state index in [0.717, 1.165) is 4.90 Å². The number of carbonyl (C=O) groups excluding carboxylic acids is 3. The van der Waals surface area contributed by atoms with Gasteiger partial charge in [-0.25, -0.2) is 0 Å². The van der Waals surface area contributed by atoms with Crippen LogP contribution in [0.1, 0.15) is 13.8 Å². The SMILES string of the molecule is CO[C@@H]1C(=O)N(C(C)=O)[C@@H]1C(C)=O. The first-order valence-electron chi connectivity index (χ1n) is 3.87. The zero-order valence-corrected chi connectivity index (χ0v) is 7.73. The smallest absolute Gasteiger partial charge is 0.261 e. The molecule has 0 spiro atoms. The lowest BCUT2D eigenvalue weighted by Gasteiger charge is -2.42. The Bertz CT molecular complexity index is 273. The topological polar surface area (TPSA) is 63.7 Å². The molecule has 1 saturated heterocycles. The Morgan fingerprint density at radius 3 is 2.23 bits per heavy atom. The Morgan fingerprint density at radius 1 is 1.38 bits per heavy atom. The number of imide groups is 1. The molecule has 0 bridgehead atoms. The van der Waals surface area contributed by atoms with Gasteiger partial charge in [-0.1, -0.05) is 0 Å². The van der Waals surface area contributed by atoms with Gasteiger partial charge in [0.25, 0.3) is 5.91 Å². The van der Waals surface area contributed by atoms with Crippen LogP contribution in [-0.4, -0.2) is 41.8 Å². The summed E-state index contributed by atoms with van der Waals surface area (Å²) in [5, 5.41) is 0. The summed E-state index contributed by atoms with van der Waals surface area (Å²) >= 11 is 0. The summed E-state index contributed by atoms with van der Waals surface area (Å²) in [6.45, 7) is 2.58. The summed E-state index contributed by atoms with van der Waals surface area (Å²) in [5.41, 5.74) is 0. The van der Waals surface area contributed by atoms with Crippen molar-refractivity contribution in [3.8, 4) is 0 Å². The van der Waals surface area contributed by atoms with E-state index in [-0.39, 0.29) is 5.78 Å². The monoisotopic (exact) mass is 185 g/mol. The van der Waals surface area contributed by atoms with Crippen molar-refractivity contribution in [2.24, 2.45) is 0 Å². The average molecular weight is 185 g/mol. The number of Topliss-reactive ketones (excluding diaryl/α,β-unsaturated/α-hetero) is 1. The van der Waals surface area contributed by atoms with Gasteiger partial charge in [-0.3, -0.25) is 19.3 Å². The van der Waals surface area contributed by atoms with E-state index < -0.39 is 24.0 Å². The maximum absolute atomic E-state index is 11.2. The van der Waals surface area contributed by atoms with Gasteiger partial charge in [-0.15, -0.1) is 0 Å². The van der Waals surface area contributed by atoms with Crippen LogP contribution in [0.3, 0.4) is 0 Å². The second-order valence-corrected chi connectivity index (χ2v) is 2.94. The number of amides is 2. The van der Waals surface area contributed by atoms with Crippen LogP contribution in [0.4, 0.5) is 0 Å². The van der Waals surface area contributed by atoms with Crippen molar-refractivity contribution in [3.05, 3.63) is 0 Å². The summed E-state index contributed by atoms with van der Waals surface area (Å²) in [7, 11) is 1.34. The lowest BCUT2D eigenvalue weighted by Crippen LogP contribution is -2.69. The molecule has 0 saturated carbocycles. The van der Waals surface area contributed by atoms with E-state index in [1.807, 2.05) is 0 Å². The summed E-state index contributed by atoms with van der Waals surface area (Å²) < 4.78 is 4.79. The molecular weight excluding hydrogens is 174 g/mol. The van der Waals surface area contributed by atoms with Gasteiger partial charge in [-0.2, -0.15) is 0 Å². The number of likely N-dealkylation sites (tertiary alicyclic amines) is 1. The molecule has 1 fully saturated rings. The van der Waals surface area contributed by atoms with Crippen molar-refractivity contribution >= 4 is 17.6 Å². The molecule has 0 aromatic rings. The summed E-state index contributed by atoms with van der Waals surface area (Å²) in [6, 6.07) is -0.727. The third-order valence-corrected chi connectivity index (χ3v) is 2.06. The fourth-order valence-corrected chi connectivity index (χ4v) is 1.44. The van der Waals surface area contributed by atoms with E-state index in [9.17, 15) is 14.4 Å². The minimum Gasteiger partial charge on any atom is -0.369 e. The fraction of sp³-hybridized carbons (Fsp3) is 0.625. The van der Waals surface area contributed by atoms with Crippen LogP contribution in [0.2, 0.25) is 0 Å². The lowest BCUT2D eigenvalue weighted by atomic mass is 9.94. The largest absolute Gasteiger partial charge is 0.369 e. The number of hydrogen-bond acceptors (Lipinski definition) is 4. The first-order valence-corrected chi connectivity index (χ1v) is 3.87. The van der Waals surface area contributed by atoms with Crippen LogP contribution >= 0.6 is 0 Å². The number of ether oxygens (including phenoxy) is 1. The van der Waals surface area contributed by atoms with Gasteiger partial charge >= 0.3 is 0 Å². The number of β-lactam (4-membered cyclic amide) rings is 1. The Kier molecular flexibility index (Phi) is 2.47. The highest BCUT2D eigenvalue weighted by molar-refractivity contribution is 6.10. The van der Waals surface area contributed by atoms with E-state index in [2.05, 4.69) is 0 Å². The lowest BCUT2D eigenvalue weighted by molar-refractivity contribution is -0.179. The molecule has 1 aliphatic rings. The molecule has 5 nitrogen and oxygen atoms in total. The van der Waals surface area contributed by atoms with Gasteiger partial charge in [0.05, 0.1) is 0 Å². The standard InChI is InChI=1S/C8H11NO4/c1-4(10)6-7(13-3)8(12)9(6)5(2)11/h6-7H,1-3H3/t6-,7+/m1/s1. The molecule has 13 heavy (non-hydrogen) atoms. The van der Waals surface area contributed by atoms with Gasteiger partial charge in [0.2, 0.25) is 5.91 Å². The number of carbonyl (C=O) groups is 3. The number of hydrogen-bond donors (Lipinski definition) is 0. The molecule has 0 aliphatic carbocycles. The molecule has 72 valence electrons. The first kappa shape index (κ1) is 9.85. The molecule has 0 aromatic carbocycles. The zero-order valence-electron chi connectivity index (χ0n) is 7.73. The van der Waals surface area contributed by atoms with Gasteiger partial charge in [0, 0.05) is 14.0 Å². The maximum Gasteiger partial charge on any atom is 0.261 e. The van der Waals surface area contributed by atoms with Crippen molar-refractivity contribution in [1.29, 1.82) is 0 Å². The number of methoxy groups -OCH3 is 1. The Morgan fingerprint density at radius 2 is 1.92 bits per heavy atom. The van der Waals surface area contributed by atoms with E-state index in [1.54, 1.807) is 0 Å². The van der Waals surface area contributed by atoms with Crippen LogP contribution in [0.5, 0.6) is 0 Å². The average Bonchev–Trinajstić information content (AvgIpc) is 1.99. The highest BCUT2D eigenvalue weighted by Gasteiger charge is 2.52. The number of ketones is 1. The highest BCUT2D eigenvalue weighted by atomic mass is 16.5. The van der Waals surface area contributed by atoms with E-state index in [0.29, 0.717) is 0 Å². The van der Waals surface area contributed by atoms with Crippen molar-refractivity contribution in [1.82, 2.24) is 4.90 Å². The predicted molar refractivity (Wildman–Crippen MR) is 42.8 cm³/mol. The molecule has 2 amide bonds. The van der Waals surface area contributed by atoms with Gasteiger partial charge in [-0.05, 0) is 6.92 Å². The second-order valence-electron chi connectivity index (χ2n) is 2.94. The van der Waals surface area contributed by atoms with Crippen molar-refractivity contribution in [2.45, 2.75) is 26.0 Å². The van der Waals surface area contributed by atoms with Crippen molar-refractivity contribution in [2.75, 3.05) is 7.11 Å². The highest BCUT2D eigenvalue weighted by Crippen LogP contribution is 2.23. The Labute approximate surface area is 75.6 Å². The van der Waals surface area contributed by atoms with Crippen LogP contribution < -0.4 is 0 Å². The minimum atomic E-state index is -0.776. The van der Waals surface area contributed by atoms with Crippen LogP contribution in [-0.2, 0) is 19.1 Å². The first-order chi connectivity index (χ1) is 6.00. The van der Waals surface area contributed by atoms with Crippen LogP contribution in [0.25, 0.3) is 0 Å². The Hall–Kier alpha value is -1.23. The fourth-order valence-electron chi connectivity index (χ4n) is 1.44. The van der Waals surface area contributed by atoms with Crippen molar-refractivity contribution in [3.63, 3.8) is 0 Å². The number of rotatable bonds is 2. The van der Waals surface area contributed by atoms with Gasteiger partial charge in [0.1, 0.15) is 6.04 Å². The second kappa shape index (κ2) is 3.26. The minimum absolute atomic E-state index is 0.235. The van der Waals surface area contributed by atoms with E-state index in [1.165, 1.54) is 21.0 Å². The van der Waals surface area contributed by atoms with Crippen molar-refractivity contribution < 1.29 is 19.1 Å². The van der Waals surface area contributed by atoms with E-state index in [4.69, 9.17) is 4.74 Å².